The van der Waals surface area contributed by atoms with Crippen LogP contribution in [0.3, 0.4) is 0 Å². The standard InChI is InChI=1S/C16H30N2/c1-12(13-6-3-2-4-7-13)18-10-14-8-5-9-16(17)15(14)11-18/h12-16H,2-11,17H2,1H3. The molecule has 2 nitrogen and oxygen atoms in total. The van der Waals surface area contributed by atoms with Crippen LogP contribution < -0.4 is 5.73 Å². The minimum absolute atomic E-state index is 0.493. The van der Waals surface area contributed by atoms with E-state index in [-0.39, 0.29) is 0 Å². The number of nitrogens with zero attached hydrogens (tertiary/aromatic N) is 1. The average molecular weight is 250 g/mol. The number of rotatable bonds is 2. The van der Waals surface area contributed by atoms with E-state index in [0.717, 1.165) is 23.8 Å². The fraction of sp³-hybridized carbons (Fsp3) is 1.00. The molecule has 3 aliphatic rings. The van der Waals surface area contributed by atoms with Crippen LogP contribution in [-0.4, -0.2) is 30.1 Å². The molecule has 2 heteroatoms. The molecule has 2 saturated carbocycles. The van der Waals surface area contributed by atoms with E-state index in [9.17, 15) is 0 Å². The fourth-order valence-corrected chi connectivity index (χ4v) is 4.80. The van der Waals surface area contributed by atoms with Gasteiger partial charge in [0.15, 0.2) is 0 Å². The maximum Gasteiger partial charge on any atom is 0.00954 e. The molecular formula is C16H30N2. The summed E-state index contributed by atoms with van der Waals surface area (Å²) in [6, 6.07) is 1.30. The summed E-state index contributed by atoms with van der Waals surface area (Å²) in [7, 11) is 0. The summed E-state index contributed by atoms with van der Waals surface area (Å²) in [5.74, 6) is 2.69. The maximum atomic E-state index is 6.33. The van der Waals surface area contributed by atoms with Crippen LogP contribution in [0.4, 0.5) is 0 Å². The van der Waals surface area contributed by atoms with Crippen molar-refractivity contribution in [1.29, 1.82) is 0 Å². The highest BCUT2D eigenvalue weighted by molar-refractivity contribution is 4.95. The second-order valence-corrected chi connectivity index (χ2v) is 7.11. The SMILES string of the molecule is CC(C1CCCCC1)N1CC2CCCC(N)C2C1. The van der Waals surface area contributed by atoms with Gasteiger partial charge in [0.2, 0.25) is 0 Å². The Kier molecular flexibility index (Phi) is 3.95. The van der Waals surface area contributed by atoms with Crippen LogP contribution in [0.2, 0.25) is 0 Å². The summed E-state index contributed by atoms with van der Waals surface area (Å²) in [5.41, 5.74) is 6.33. The third-order valence-electron chi connectivity index (χ3n) is 6.09. The molecule has 0 amide bonds. The predicted octanol–water partition coefficient (Wildman–Crippen LogP) is 3.01. The molecule has 4 atom stereocenters. The number of fused-ring (bicyclic) bond motifs is 1. The van der Waals surface area contributed by atoms with Gasteiger partial charge >= 0.3 is 0 Å². The number of nitrogens with two attached hydrogens (primary N) is 1. The number of hydrogen-bond acceptors (Lipinski definition) is 2. The van der Waals surface area contributed by atoms with Gasteiger partial charge in [-0.3, -0.25) is 4.90 Å². The highest BCUT2D eigenvalue weighted by atomic mass is 15.2. The van der Waals surface area contributed by atoms with E-state index < -0.39 is 0 Å². The van der Waals surface area contributed by atoms with Crippen molar-refractivity contribution in [3.63, 3.8) is 0 Å². The van der Waals surface area contributed by atoms with Gasteiger partial charge in [0, 0.05) is 25.2 Å². The van der Waals surface area contributed by atoms with Crippen LogP contribution in [-0.2, 0) is 0 Å². The Morgan fingerprint density at radius 3 is 2.44 bits per heavy atom. The summed E-state index contributed by atoms with van der Waals surface area (Å²) >= 11 is 0. The van der Waals surface area contributed by atoms with E-state index in [1.165, 1.54) is 64.5 Å². The van der Waals surface area contributed by atoms with Crippen LogP contribution in [0.5, 0.6) is 0 Å². The molecule has 1 aliphatic heterocycles. The molecule has 3 rings (SSSR count). The molecule has 3 fully saturated rings. The van der Waals surface area contributed by atoms with Crippen LogP contribution in [0.1, 0.15) is 58.3 Å². The van der Waals surface area contributed by atoms with Gasteiger partial charge in [0.25, 0.3) is 0 Å². The smallest absolute Gasteiger partial charge is 0.00954 e. The first kappa shape index (κ1) is 12.9. The third-order valence-corrected chi connectivity index (χ3v) is 6.09. The van der Waals surface area contributed by atoms with Crippen LogP contribution in [0, 0.1) is 17.8 Å². The van der Waals surface area contributed by atoms with Gasteiger partial charge in [-0.05, 0) is 50.4 Å². The Morgan fingerprint density at radius 1 is 0.944 bits per heavy atom. The zero-order valence-electron chi connectivity index (χ0n) is 12.0. The van der Waals surface area contributed by atoms with E-state index in [4.69, 9.17) is 5.73 Å². The van der Waals surface area contributed by atoms with Crippen molar-refractivity contribution >= 4 is 0 Å². The van der Waals surface area contributed by atoms with Crippen molar-refractivity contribution < 1.29 is 0 Å². The fourth-order valence-electron chi connectivity index (χ4n) is 4.80. The molecule has 0 aromatic rings. The summed E-state index contributed by atoms with van der Waals surface area (Å²) in [4.78, 5) is 2.79. The summed E-state index contributed by atoms with van der Waals surface area (Å²) in [5, 5.41) is 0. The van der Waals surface area contributed by atoms with Crippen molar-refractivity contribution in [1.82, 2.24) is 4.90 Å². The lowest BCUT2D eigenvalue weighted by Gasteiger charge is -2.34. The van der Waals surface area contributed by atoms with Crippen molar-refractivity contribution in [3.8, 4) is 0 Å². The van der Waals surface area contributed by atoms with Gasteiger partial charge < -0.3 is 5.73 Å². The molecule has 0 spiro atoms. The molecule has 0 radical (unpaired) electrons. The normalized spacial score (nSPS) is 40.7. The second-order valence-electron chi connectivity index (χ2n) is 7.11. The van der Waals surface area contributed by atoms with Crippen LogP contribution >= 0.6 is 0 Å². The number of hydrogen-bond donors (Lipinski definition) is 1. The first-order valence-electron chi connectivity index (χ1n) is 8.25. The van der Waals surface area contributed by atoms with Gasteiger partial charge in [-0.1, -0.05) is 25.7 Å². The van der Waals surface area contributed by atoms with Crippen molar-refractivity contribution in [2.75, 3.05) is 13.1 Å². The molecule has 4 unspecified atom stereocenters. The monoisotopic (exact) mass is 250 g/mol. The molecule has 18 heavy (non-hydrogen) atoms. The topological polar surface area (TPSA) is 29.3 Å². The van der Waals surface area contributed by atoms with E-state index in [2.05, 4.69) is 11.8 Å². The molecule has 1 saturated heterocycles. The highest BCUT2D eigenvalue weighted by Gasteiger charge is 2.41. The summed E-state index contributed by atoms with van der Waals surface area (Å²) < 4.78 is 0. The highest BCUT2D eigenvalue weighted by Crippen LogP contribution is 2.38. The molecular weight excluding hydrogens is 220 g/mol. The minimum atomic E-state index is 0.493. The van der Waals surface area contributed by atoms with Crippen LogP contribution in [0.25, 0.3) is 0 Å². The minimum Gasteiger partial charge on any atom is -0.327 e. The zero-order valence-corrected chi connectivity index (χ0v) is 12.0. The van der Waals surface area contributed by atoms with Gasteiger partial charge in [-0.2, -0.15) is 0 Å². The Morgan fingerprint density at radius 2 is 1.72 bits per heavy atom. The van der Waals surface area contributed by atoms with Crippen LogP contribution in [0.15, 0.2) is 0 Å². The second kappa shape index (κ2) is 5.50. The van der Waals surface area contributed by atoms with Crippen molar-refractivity contribution in [2.45, 2.75) is 70.4 Å². The van der Waals surface area contributed by atoms with Gasteiger partial charge in [-0.25, -0.2) is 0 Å². The lowest BCUT2D eigenvalue weighted by molar-refractivity contribution is 0.149. The molecule has 0 aromatic heterocycles. The molecule has 0 bridgehead atoms. The molecule has 2 aliphatic carbocycles. The van der Waals surface area contributed by atoms with Gasteiger partial charge in [-0.15, -0.1) is 0 Å². The predicted molar refractivity (Wildman–Crippen MR) is 76.4 cm³/mol. The van der Waals surface area contributed by atoms with Gasteiger partial charge in [0.1, 0.15) is 0 Å². The lowest BCUT2D eigenvalue weighted by Crippen LogP contribution is -2.40. The quantitative estimate of drug-likeness (QED) is 0.816. The number of likely N-dealkylation sites (tertiary alicyclic amines) is 1. The molecule has 0 aromatic carbocycles. The average Bonchev–Trinajstić information content (AvgIpc) is 2.84. The Balaban J connectivity index is 1.60. The van der Waals surface area contributed by atoms with Crippen molar-refractivity contribution in [3.05, 3.63) is 0 Å². The maximum absolute atomic E-state index is 6.33. The molecule has 1 heterocycles. The lowest BCUT2D eigenvalue weighted by atomic mass is 9.78. The zero-order chi connectivity index (χ0) is 12.5. The summed E-state index contributed by atoms with van der Waals surface area (Å²) in [6.07, 6.45) is 11.4. The Labute approximate surface area is 112 Å². The van der Waals surface area contributed by atoms with Gasteiger partial charge in [0.05, 0.1) is 0 Å². The van der Waals surface area contributed by atoms with Crippen molar-refractivity contribution in [2.24, 2.45) is 23.5 Å². The molecule has 2 N–H and O–H groups in total. The largest absolute Gasteiger partial charge is 0.327 e. The first-order chi connectivity index (χ1) is 8.75. The third kappa shape index (κ3) is 2.46. The molecule has 104 valence electrons. The van der Waals surface area contributed by atoms with E-state index in [1.807, 2.05) is 0 Å². The Hall–Kier alpha value is -0.0800. The Bertz CT molecular complexity index is 272. The van der Waals surface area contributed by atoms with E-state index >= 15 is 0 Å². The first-order valence-corrected chi connectivity index (χ1v) is 8.25. The summed E-state index contributed by atoms with van der Waals surface area (Å²) in [6.45, 7) is 5.12. The van der Waals surface area contributed by atoms with E-state index in [0.29, 0.717) is 6.04 Å². The van der Waals surface area contributed by atoms with E-state index in [1.54, 1.807) is 0 Å².